The number of rotatable bonds is 4. The van der Waals surface area contributed by atoms with Crippen LogP contribution in [0, 0.1) is 0 Å². The van der Waals surface area contributed by atoms with Crippen LogP contribution in [-0.2, 0) is 0 Å². The van der Waals surface area contributed by atoms with E-state index in [0.29, 0.717) is 12.6 Å². The summed E-state index contributed by atoms with van der Waals surface area (Å²) in [5.74, 6) is 0.945. The molecule has 0 saturated heterocycles. The number of nitrogens with zero attached hydrogens (tertiary/aromatic N) is 4. The zero-order valence-electron chi connectivity index (χ0n) is 11.1. The van der Waals surface area contributed by atoms with Crippen molar-refractivity contribution in [3.63, 3.8) is 0 Å². The fraction of sp³-hybridized carbons (Fsp3) is 0.571. The zero-order valence-corrected chi connectivity index (χ0v) is 11.1. The molecule has 102 valence electrons. The molecule has 2 aromatic rings. The van der Waals surface area contributed by atoms with Crippen LogP contribution >= 0.6 is 0 Å². The molecule has 1 saturated carbocycles. The van der Waals surface area contributed by atoms with Crippen LogP contribution in [0.15, 0.2) is 24.7 Å². The van der Waals surface area contributed by atoms with Crippen LogP contribution in [0.5, 0.6) is 0 Å². The van der Waals surface area contributed by atoms with Crippen molar-refractivity contribution in [1.29, 1.82) is 0 Å². The third-order valence-corrected chi connectivity index (χ3v) is 3.93. The quantitative estimate of drug-likeness (QED) is 0.911. The van der Waals surface area contributed by atoms with Crippen molar-refractivity contribution in [1.82, 2.24) is 14.6 Å². The van der Waals surface area contributed by atoms with Gasteiger partial charge in [0.25, 0.3) is 0 Å². The van der Waals surface area contributed by atoms with Crippen LogP contribution in [0.2, 0.25) is 0 Å². The minimum atomic E-state index is 0.160. The van der Waals surface area contributed by atoms with E-state index in [1.807, 2.05) is 16.8 Å². The molecule has 5 nitrogen and oxygen atoms in total. The van der Waals surface area contributed by atoms with Gasteiger partial charge in [-0.25, -0.2) is 9.50 Å². The van der Waals surface area contributed by atoms with Gasteiger partial charge in [0.2, 0.25) is 0 Å². The SMILES string of the molecule is OCCN(c1nccn2nccc12)C1CCCCC1. The molecule has 1 aliphatic rings. The second kappa shape index (κ2) is 5.57. The van der Waals surface area contributed by atoms with Crippen molar-refractivity contribution < 1.29 is 5.11 Å². The summed E-state index contributed by atoms with van der Waals surface area (Å²) >= 11 is 0. The van der Waals surface area contributed by atoms with Gasteiger partial charge in [0.15, 0.2) is 5.82 Å². The highest BCUT2D eigenvalue weighted by Crippen LogP contribution is 2.28. The fourth-order valence-corrected chi connectivity index (χ4v) is 3.03. The van der Waals surface area contributed by atoms with E-state index in [2.05, 4.69) is 15.0 Å². The van der Waals surface area contributed by atoms with E-state index in [0.717, 1.165) is 11.3 Å². The summed E-state index contributed by atoms with van der Waals surface area (Å²) in [5.41, 5.74) is 1.02. The zero-order chi connectivity index (χ0) is 13.1. The van der Waals surface area contributed by atoms with Crippen molar-refractivity contribution in [2.45, 2.75) is 38.1 Å². The Bertz CT molecular complexity index is 533. The van der Waals surface area contributed by atoms with Gasteiger partial charge in [-0.2, -0.15) is 5.10 Å². The summed E-state index contributed by atoms with van der Waals surface area (Å²) in [4.78, 5) is 6.79. The minimum Gasteiger partial charge on any atom is -0.395 e. The average molecular weight is 260 g/mol. The van der Waals surface area contributed by atoms with Gasteiger partial charge in [0, 0.05) is 25.0 Å². The predicted octanol–water partition coefficient (Wildman–Crippen LogP) is 1.86. The Balaban J connectivity index is 1.96. The highest BCUT2D eigenvalue weighted by atomic mass is 16.3. The van der Waals surface area contributed by atoms with Crippen molar-refractivity contribution >= 4 is 11.3 Å². The normalized spacial score (nSPS) is 16.9. The first-order chi connectivity index (χ1) is 9.40. The number of hydrogen-bond donors (Lipinski definition) is 1. The molecule has 0 spiro atoms. The lowest BCUT2D eigenvalue weighted by atomic mass is 9.94. The standard InChI is InChI=1S/C14H20N4O/c19-11-10-17(12-4-2-1-3-5-12)14-13-6-7-16-18(13)9-8-15-14/h6-9,12,19H,1-5,10-11H2. The molecule has 2 heterocycles. The van der Waals surface area contributed by atoms with Crippen molar-refractivity contribution in [3.05, 3.63) is 24.7 Å². The summed E-state index contributed by atoms with van der Waals surface area (Å²) in [7, 11) is 0. The van der Waals surface area contributed by atoms with Crippen LogP contribution in [0.25, 0.3) is 5.52 Å². The smallest absolute Gasteiger partial charge is 0.155 e. The Hall–Kier alpha value is -1.62. The number of anilines is 1. The lowest BCUT2D eigenvalue weighted by molar-refractivity contribution is 0.289. The number of aliphatic hydroxyl groups excluding tert-OH is 1. The van der Waals surface area contributed by atoms with Crippen molar-refractivity contribution in [2.24, 2.45) is 0 Å². The van der Waals surface area contributed by atoms with Gasteiger partial charge in [-0.15, -0.1) is 0 Å². The second-order valence-electron chi connectivity index (χ2n) is 5.12. The van der Waals surface area contributed by atoms with Crippen LogP contribution in [-0.4, -0.2) is 38.9 Å². The third kappa shape index (κ3) is 2.42. The highest BCUT2D eigenvalue weighted by Gasteiger charge is 2.23. The van der Waals surface area contributed by atoms with E-state index in [9.17, 15) is 5.11 Å². The molecule has 0 radical (unpaired) electrons. The number of fused-ring (bicyclic) bond motifs is 1. The molecule has 0 aliphatic heterocycles. The Morgan fingerprint density at radius 3 is 2.89 bits per heavy atom. The molecule has 0 amide bonds. The van der Waals surface area contributed by atoms with E-state index < -0.39 is 0 Å². The molecule has 2 aromatic heterocycles. The Morgan fingerprint density at radius 1 is 1.26 bits per heavy atom. The summed E-state index contributed by atoms with van der Waals surface area (Å²) in [6.07, 6.45) is 11.7. The van der Waals surface area contributed by atoms with E-state index in [-0.39, 0.29) is 6.61 Å². The summed E-state index contributed by atoms with van der Waals surface area (Å²) in [6.45, 7) is 0.801. The molecular weight excluding hydrogens is 240 g/mol. The molecule has 0 aromatic carbocycles. The first-order valence-electron chi connectivity index (χ1n) is 7.06. The van der Waals surface area contributed by atoms with Crippen LogP contribution < -0.4 is 4.90 Å². The molecule has 0 bridgehead atoms. The maximum Gasteiger partial charge on any atom is 0.155 e. The molecule has 1 fully saturated rings. The summed E-state index contributed by atoms with van der Waals surface area (Å²) in [5, 5.41) is 13.6. The van der Waals surface area contributed by atoms with Gasteiger partial charge in [-0.05, 0) is 18.9 Å². The number of aliphatic hydroxyl groups is 1. The maximum absolute atomic E-state index is 9.36. The van der Waals surface area contributed by atoms with Crippen molar-refractivity contribution in [2.75, 3.05) is 18.1 Å². The Labute approximate surface area is 112 Å². The van der Waals surface area contributed by atoms with Crippen LogP contribution in [0.1, 0.15) is 32.1 Å². The number of aromatic nitrogens is 3. The Morgan fingerprint density at radius 2 is 2.11 bits per heavy atom. The van der Waals surface area contributed by atoms with E-state index in [1.165, 1.54) is 32.1 Å². The summed E-state index contributed by atoms with van der Waals surface area (Å²) in [6, 6.07) is 2.48. The Kier molecular flexibility index (Phi) is 3.64. The molecule has 1 N–H and O–H groups in total. The maximum atomic E-state index is 9.36. The molecule has 1 aliphatic carbocycles. The van der Waals surface area contributed by atoms with Gasteiger partial charge >= 0.3 is 0 Å². The van der Waals surface area contributed by atoms with Gasteiger partial charge < -0.3 is 10.0 Å². The first-order valence-corrected chi connectivity index (χ1v) is 7.06. The molecule has 5 heteroatoms. The molecule has 19 heavy (non-hydrogen) atoms. The largest absolute Gasteiger partial charge is 0.395 e. The molecule has 3 rings (SSSR count). The monoisotopic (exact) mass is 260 g/mol. The fourth-order valence-electron chi connectivity index (χ4n) is 3.03. The lowest BCUT2D eigenvalue weighted by Crippen LogP contribution is -2.39. The van der Waals surface area contributed by atoms with Crippen molar-refractivity contribution in [3.8, 4) is 0 Å². The average Bonchev–Trinajstić information content (AvgIpc) is 2.94. The highest BCUT2D eigenvalue weighted by molar-refractivity contribution is 5.68. The van der Waals surface area contributed by atoms with Crippen LogP contribution in [0.3, 0.4) is 0 Å². The number of hydrogen-bond acceptors (Lipinski definition) is 4. The predicted molar refractivity (Wildman–Crippen MR) is 74.3 cm³/mol. The molecule has 0 atom stereocenters. The molecule has 0 unspecified atom stereocenters. The van der Waals surface area contributed by atoms with Gasteiger partial charge in [-0.3, -0.25) is 0 Å². The van der Waals surface area contributed by atoms with E-state index in [4.69, 9.17) is 0 Å². The van der Waals surface area contributed by atoms with Gasteiger partial charge in [0.05, 0.1) is 12.8 Å². The van der Waals surface area contributed by atoms with E-state index in [1.54, 1.807) is 12.4 Å². The minimum absolute atomic E-state index is 0.160. The lowest BCUT2D eigenvalue weighted by Gasteiger charge is -2.35. The third-order valence-electron chi connectivity index (χ3n) is 3.93. The molecular formula is C14H20N4O. The van der Waals surface area contributed by atoms with Gasteiger partial charge in [-0.1, -0.05) is 19.3 Å². The van der Waals surface area contributed by atoms with Gasteiger partial charge in [0.1, 0.15) is 5.52 Å². The summed E-state index contributed by atoms with van der Waals surface area (Å²) < 4.78 is 1.84. The first kappa shape index (κ1) is 12.4. The van der Waals surface area contributed by atoms with E-state index >= 15 is 0 Å². The topological polar surface area (TPSA) is 53.7 Å². The van der Waals surface area contributed by atoms with Crippen LogP contribution in [0.4, 0.5) is 5.82 Å². The second-order valence-corrected chi connectivity index (χ2v) is 5.12.